The molecule has 0 radical (unpaired) electrons. The standard InChI is InChI=1S/C20H12Cl3N3O3S/c21-13-6-14(22)8-17(7-13)30(27,28)26-15-9-18(23)20(25-10-15)29-16-5-12-3-1-2-4-19(12)24-11-16/h1-11,26H. The quantitative estimate of drug-likeness (QED) is 0.369. The fourth-order valence-electron chi connectivity index (χ4n) is 2.67. The van der Waals surface area contributed by atoms with E-state index in [-0.39, 0.29) is 31.5 Å². The van der Waals surface area contributed by atoms with Crippen LogP contribution in [0.5, 0.6) is 11.6 Å². The highest BCUT2D eigenvalue weighted by molar-refractivity contribution is 7.92. The first kappa shape index (κ1) is 20.7. The Kier molecular flexibility index (Phi) is 5.71. The molecule has 0 saturated carbocycles. The molecular weight excluding hydrogens is 469 g/mol. The second kappa shape index (κ2) is 8.28. The SMILES string of the molecule is O=S(=O)(Nc1cnc(Oc2cnc3ccccc3c2)c(Cl)c1)c1cc(Cl)cc(Cl)c1. The van der Waals surface area contributed by atoms with Crippen LogP contribution >= 0.6 is 34.8 Å². The number of para-hydroxylation sites is 1. The summed E-state index contributed by atoms with van der Waals surface area (Å²) >= 11 is 18.0. The molecule has 0 saturated heterocycles. The second-order valence-electron chi connectivity index (χ2n) is 6.19. The van der Waals surface area contributed by atoms with Gasteiger partial charge in [-0.25, -0.2) is 13.4 Å². The van der Waals surface area contributed by atoms with Crippen molar-refractivity contribution in [2.24, 2.45) is 0 Å². The molecular formula is C20H12Cl3N3O3S. The van der Waals surface area contributed by atoms with Crippen molar-refractivity contribution >= 4 is 61.4 Å². The van der Waals surface area contributed by atoms with Crippen molar-refractivity contribution in [1.29, 1.82) is 0 Å². The van der Waals surface area contributed by atoms with E-state index in [1.54, 1.807) is 12.3 Å². The minimum atomic E-state index is -3.94. The molecule has 0 amide bonds. The van der Waals surface area contributed by atoms with E-state index >= 15 is 0 Å². The molecule has 10 heteroatoms. The van der Waals surface area contributed by atoms with Crippen molar-refractivity contribution in [3.63, 3.8) is 0 Å². The molecule has 4 rings (SSSR count). The molecule has 0 spiro atoms. The largest absolute Gasteiger partial charge is 0.436 e. The predicted octanol–water partition coefficient (Wildman–Crippen LogP) is 6.18. The molecule has 152 valence electrons. The summed E-state index contributed by atoms with van der Waals surface area (Å²) in [5, 5.41) is 1.42. The number of halogens is 3. The first-order valence-corrected chi connectivity index (χ1v) is 11.1. The van der Waals surface area contributed by atoms with Crippen molar-refractivity contribution in [1.82, 2.24) is 9.97 Å². The number of ether oxygens (including phenoxy) is 1. The number of sulfonamides is 1. The fraction of sp³-hybridized carbons (Fsp3) is 0. The Labute approximate surface area is 187 Å². The van der Waals surface area contributed by atoms with Gasteiger partial charge in [0.2, 0.25) is 5.88 Å². The van der Waals surface area contributed by atoms with Crippen LogP contribution in [0.2, 0.25) is 15.1 Å². The van der Waals surface area contributed by atoms with Crippen LogP contribution in [-0.4, -0.2) is 18.4 Å². The van der Waals surface area contributed by atoms with Crippen molar-refractivity contribution in [3.05, 3.63) is 82.1 Å². The third-order valence-electron chi connectivity index (χ3n) is 3.99. The lowest BCUT2D eigenvalue weighted by Gasteiger charge is -2.11. The first-order chi connectivity index (χ1) is 14.3. The monoisotopic (exact) mass is 479 g/mol. The predicted molar refractivity (Wildman–Crippen MR) is 118 cm³/mol. The number of pyridine rings is 2. The molecule has 0 aliphatic heterocycles. The van der Waals surface area contributed by atoms with Gasteiger partial charge in [0, 0.05) is 15.4 Å². The van der Waals surface area contributed by atoms with E-state index in [0.29, 0.717) is 5.75 Å². The Morgan fingerprint density at radius 3 is 2.33 bits per heavy atom. The molecule has 0 aliphatic carbocycles. The zero-order valence-electron chi connectivity index (χ0n) is 15.0. The third kappa shape index (κ3) is 4.60. The molecule has 30 heavy (non-hydrogen) atoms. The van der Waals surface area contributed by atoms with Crippen LogP contribution in [0.4, 0.5) is 5.69 Å². The van der Waals surface area contributed by atoms with E-state index in [1.165, 1.54) is 30.5 Å². The van der Waals surface area contributed by atoms with Crippen molar-refractivity contribution in [2.75, 3.05) is 4.72 Å². The zero-order valence-corrected chi connectivity index (χ0v) is 18.1. The topological polar surface area (TPSA) is 81.2 Å². The Morgan fingerprint density at radius 1 is 0.867 bits per heavy atom. The van der Waals surface area contributed by atoms with Gasteiger partial charge >= 0.3 is 0 Å². The molecule has 0 bridgehead atoms. The lowest BCUT2D eigenvalue weighted by molar-refractivity contribution is 0.462. The lowest BCUT2D eigenvalue weighted by Crippen LogP contribution is -2.13. The number of nitrogens with zero attached hydrogens (tertiary/aromatic N) is 2. The van der Waals surface area contributed by atoms with E-state index < -0.39 is 10.0 Å². The highest BCUT2D eigenvalue weighted by Gasteiger charge is 2.17. The number of rotatable bonds is 5. The van der Waals surface area contributed by atoms with Gasteiger partial charge in [-0.3, -0.25) is 9.71 Å². The number of hydrogen-bond donors (Lipinski definition) is 1. The second-order valence-corrected chi connectivity index (χ2v) is 9.15. The summed E-state index contributed by atoms with van der Waals surface area (Å²) in [5.74, 6) is 0.562. The first-order valence-electron chi connectivity index (χ1n) is 8.47. The third-order valence-corrected chi connectivity index (χ3v) is 6.05. The number of hydrogen-bond acceptors (Lipinski definition) is 5. The maximum atomic E-state index is 12.6. The number of benzene rings is 2. The molecule has 6 nitrogen and oxygen atoms in total. The molecule has 1 N–H and O–H groups in total. The summed E-state index contributed by atoms with van der Waals surface area (Å²) in [6.07, 6.45) is 2.85. The number of nitrogens with one attached hydrogen (secondary N) is 1. The van der Waals surface area contributed by atoms with Gasteiger partial charge in [0.1, 0.15) is 10.8 Å². The van der Waals surface area contributed by atoms with E-state index in [4.69, 9.17) is 39.5 Å². The fourth-order valence-corrected chi connectivity index (χ4v) is 4.64. The summed E-state index contributed by atoms with van der Waals surface area (Å²) in [6.45, 7) is 0. The summed E-state index contributed by atoms with van der Waals surface area (Å²) in [4.78, 5) is 8.33. The molecule has 2 aromatic carbocycles. The van der Waals surface area contributed by atoms with Gasteiger partial charge in [-0.2, -0.15) is 0 Å². The number of fused-ring (bicyclic) bond motifs is 1. The molecule has 0 fully saturated rings. The van der Waals surface area contributed by atoms with Crippen LogP contribution in [0.1, 0.15) is 0 Å². The van der Waals surface area contributed by atoms with Gasteiger partial charge in [0.05, 0.1) is 28.5 Å². The van der Waals surface area contributed by atoms with Gasteiger partial charge in [0.25, 0.3) is 10.0 Å². The highest BCUT2D eigenvalue weighted by Crippen LogP contribution is 2.31. The molecule has 2 aromatic heterocycles. The summed E-state index contributed by atoms with van der Waals surface area (Å²) in [5.41, 5.74) is 0.981. The summed E-state index contributed by atoms with van der Waals surface area (Å²) < 4.78 is 33.2. The summed E-state index contributed by atoms with van der Waals surface area (Å²) in [6, 6.07) is 14.8. The van der Waals surface area contributed by atoms with E-state index in [0.717, 1.165) is 10.9 Å². The van der Waals surface area contributed by atoms with Crippen LogP contribution in [0.3, 0.4) is 0 Å². The van der Waals surface area contributed by atoms with Crippen LogP contribution < -0.4 is 9.46 Å². The van der Waals surface area contributed by atoms with Crippen LogP contribution in [-0.2, 0) is 10.0 Å². The van der Waals surface area contributed by atoms with Crippen LogP contribution in [0, 0.1) is 0 Å². The molecule has 0 aliphatic rings. The highest BCUT2D eigenvalue weighted by atomic mass is 35.5. The normalized spacial score (nSPS) is 11.4. The summed E-state index contributed by atoms with van der Waals surface area (Å²) in [7, 11) is -3.94. The lowest BCUT2D eigenvalue weighted by atomic mass is 10.2. The van der Waals surface area contributed by atoms with Gasteiger partial charge < -0.3 is 4.74 Å². The van der Waals surface area contributed by atoms with Crippen molar-refractivity contribution in [3.8, 4) is 11.6 Å². The van der Waals surface area contributed by atoms with E-state index in [9.17, 15) is 8.42 Å². The van der Waals surface area contributed by atoms with Crippen LogP contribution in [0.15, 0.2) is 71.9 Å². The average Bonchev–Trinajstić information content (AvgIpc) is 2.69. The van der Waals surface area contributed by atoms with E-state index in [2.05, 4.69) is 14.7 Å². The smallest absolute Gasteiger partial charge is 0.262 e. The van der Waals surface area contributed by atoms with Gasteiger partial charge in [0.15, 0.2) is 0 Å². The molecule has 2 heterocycles. The molecule has 4 aromatic rings. The Balaban J connectivity index is 1.56. The van der Waals surface area contributed by atoms with Gasteiger partial charge in [-0.1, -0.05) is 53.0 Å². The van der Waals surface area contributed by atoms with Crippen LogP contribution in [0.25, 0.3) is 10.9 Å². The average molecular weight is 481 g/mol. The zero-order chi connectivity index (χ0) is 21.3. The molecule has 0 unspecified atom stereocenters. The molecule has 0 atom stereocenters. The van der Waals surface area contributed by atoms with Crippen molar-refractivity contribution < 1.29 is 13.2 Å². The Hall–Kier alpha value is -2.58. The maximum Gasteiger partial charge on any atom is 0.262 e. The number of aromatic nitrogens is 2. The van der Waals surface area contributed by atoms with Crippen molar-refractivity contribution in [2.45, 2.75) is 4.90 Å². The van der Waals surface area contributed by atoms with E-state index in [1.807, 2.05) is 24.3 Å². The van der Waals surface area contributed by atoms with Gasteiger partial charge in [-0.05, 0) is 36.4 Å². The Morgan fingerprint density at radius 2 is 1.60 bits per heavy atom. The maximum absolute atomic E-state index is 12.6. The number of anilines is 1. The minimum Gasteiger partial charge on any atom is -0.436 e. The Bertz CT molecular complexity index is 1340. The minimum absolute atomic E-state index is 0.0845. The van der Waals surface area contributed by atoms with Gasteiger partial charge in [-0.15, -0.1) is 0 Å².